The van der Waals surface area contributed by atoms with Crippen LogP contribution >= 0.6 is 11.6 Å². The first-order chi connectivity index (χ1) is 12.0. The van der Waals surface area contributed by atoms with Crippen LogP contribution in [-0.2, 0) is 12.8 Å². The number of rotatable bonds is 2. The zero-order valence-corrected chi connectivity index (χ0v) is 14.3. The molecule has 1 aliphatic carbocycles. The largest absolute Gasteiger partial charge is 0.383 e. The first-order valence-corrected chi connectivity index (χ1v) is 8.56. The highest BCUT2D eigenvalue weighted by Gasteiger charge is 2.23. The van der Waals surface area contributed by atoms with E-state index in [1.165, 1.54) is 12.1 Å². The molecule has 0 fully saturated rings. The first-order valence-electron chi connectivity index (χ1n) is 8.18. The number of anilines is 1. The molecule has 0 saturated carbocycles. The quantitative estimate of drug-likeness (QED) is 0.633. The van der Waals surface area contributed by atoms with Gasteiger partial charge in [0.25, 0.3) is 5.69 Å². The number of benzene rings is 1. The number of aromatic nitrogens is 1. The standard InChI is InChI=1S/C18H17ClN4O2/c19-14-8-7-11(9-16(14)23(24)25)17-12-5-3-1-2-4-6-15(12)22-18(21)13(17)10-20/h7-9H,1-6H2,(H2,21,22). The molecule has 0 unspecified atom stereocenters. The van der Waals surface area contributed by atoms with Gasteiger partial charge in [0.1, 0.15) is 22.5 Å². The smallest absolute Gasteiger partial charge is 0.288 e. The van der Waals surface area contributed by atoms with Gasteiger partial charge in [0.05, 0.1) is 4.92 Å². The van der Waals surface area contributed by atoms with Gasteiger partial charge in [-0.3, -0.25) is 10.1 Å². The molecule has 0 saturated heterocycles. The van der Waals surface area contributed by atoms with Crippen molar-refractivity contribution in [3.63, 3.8) is 0 Å². The van der Waals surface area contributed by atoms with Gasteiger partial charge in [-0.2, -0.15) is 5.26 Å². The SMILES string of the molecule is N#Cc1c(N)nc2c(c1-c1ccc(Cl)c([N+](=O)[O-])c1)CCCCCC2. The number of nitriles is 1. The average molecular weight is 357 g/mol. The lowest BCUT2D eigenvalue weighted by atomic mass is 9.88. The van der Waals surface area contributed by atoms with Crippen molar-refractivity contribution in [2.45, 2.75) is 38.5 Å². The van der Waals surface area contributed by atoms with E-state index in [-0.39, 0.29) is 22.1 Å². The zero-order valence-electron chi connectivity index (χ0n) is 13.6. The molecule has 1 aliphatic rings. The summed E-state index contributed by atoms with van der Waals surface area (Å²) in [4.78, 5) is 15.2. The van der Waals surface area contributed by atoms with Gasteiger partial charge in [-0.15, -0.1) is 0 Å². The van der Waals surface area contributed by atoms with Crippen LogP contribution in [0.3, 0.4) is 0 Å². The number of hydrogen-bond donors (Lipinski definition) is 1. The monoisotopic (exact) mass is 356 g/mol. The van der Waals surface area contributed by atoms with Crippen molar-refractivity contribution in [2.75, 3.05) is 5.73 Å². The normalized spacial score (nSPS) is 14.1. The minimum absolute atomic E-state index is 0.0668. The second-order valence-electron chi connectivity index (χ2n) is 6.12. The summed E-state index contributed by atoms with van der Waals surface area (Å²) in [5.41, 5.74) is 9.22. The molecule has 128 valence electrons. The third-order valence-corrected chi connectivity index (χ3v) is 4.86. The highest BCUT2D eigenvalue weighted by molar-refractivity contribution is 6.32. The number of aryl methyl sites for hydroxylation is 1. The zero-order chi connectivity index (χ0) is 18.0. The molecule has 0 bridgehead atoms. The fourth-order valence-electron chi connectivity index (χ4n) is 3.36. The molecule has 1 aromatic carbocycles. The van der Waals surface area contributed by atoms with Gasteiger partial charge in [-0.05, 0) is 42.9 Å². The third kappa shape index (κ3) is 3.28. The molecule has 7 heteroatoms. The molecule has 0 radical (unpaired) electrons. The fraction of sp³-hybridized carbons (Fsp3) is 0.333. The second-order valence-corrected chi connectivity index (χ2v) is 6.53. The molecule has 2 aromatic rings. The number of hydrogen-bond acceptors (Lipinski definition) is 5. The van der Waals surface area contributed by atoms with E-state index in [2.05, 4.69) is 11.1 Å². The second kappa shape index (κ2) is 7.08. The Bertz CT molecular complexity index is 890. The summed E-state index contributed by atoms with van der Waals surface area (Å²) >= 11 is 5.93. The van der Waals surface area contributed by atoms with Crippen molar-refractivity contribution in [1.29, 1.82) is 5.26 Å². The molecule has 2 N–H and O–H groups in total. The molecule has 6 nitrogen and oxygen atoms in total. The lowest BCUT2D eigenvalue weighted by molar-refractivity contribution is -0.384. The molecule has 3 rings (SSSR count). The maximum absolute atomic E-state index is 11.2. The summed E-state index contributed by atoms with van der Waals surface area (Å²) in [5.74, 6) is 0.175. The number of nitrogens with zero attached hydrogens (tertiary/aromatic N) is 3. The Labute approximate surface area is 150 Å². The summed E-state index contributed by atoms with van der Waals surface area (Å²) in [6.07, 6.45) is 5.85. The predicted molar refractivity (Wildman–Crippen MR) is 96.3 cm³/mol. The number of halogens is 1. The highest BCUT2D eigenvalue weighted by atomic mass is 35.5. The molecule has 0 amide bonds. The van der Waals surface area contributed by atoms with Crippen LogP contribution in [0.2, 0.25) is 5.02 Å². The molecular weight excluding hydrogens is 340 g/mol. The molecule has 0 atom stereocenters. The summed E-state index contributed by atoms with van der Waals surface area (Å²) < 4.78 is 0. The van der Waals surface area contributed by atoms with Gasteiger partial charge in [0.2, 0.25) is 0 Å². The minimum Gasteiger partial charge on any atom is -0.383 e. The first kappa shape index (κ1) is 17.2. The number of nitro benzene ring substituents is 1. The highest BCUT2D eigenvalue weighted by Crippen LogP contribution is 2.38. The average Bonchev–Trinajstić information content (AvgIpc) is 2.56. The number of pyridine rings is 1. The van der Waals surface area contributed by atoms with Crippen LogP contribution < -0.4 is 5.73 Å². The molecule has 0 aliphatic heterocycles. The van der Waals surface area contributed by atoms with E-state index in [4.69, 9.17) is 17.3 Å². The molecule has 1 aromatic heterocycles. The van der Waals surface area contributed by atoms with Crippen LogP contribution in [0.15, 0.2) is 18.2 Å². The maximum Gasteiger partial charge on any atom is 0.288 e. The van der Waals surface area contributed by atoms with Gasteiger partial charge in [-0.25, -0.2) is 4.98 Å². The fourth-order valence-corrected chi connectivity index (χ4v) is 3.54. The topological polar surface area (TPSA) is 106 Å². The van der Waals surface area contributed by atoms with Crippen LogP contribution in [0.4, 0.5) is 11.5 Å². The summed E-state index contributed by atoms with van der Waals surface area (Å²) in [5, 5.41) is 20.9. The molecule has 1 heterocycles. The van der Waals surface area contributed by atoms with Crippen molar-refractivity contribution in [3.05, 3.63) is 50.2 Å². The number of nitrogen functional groups attached to an aromatic ring is 1. The number of nitrogens with two attached hydrogens (primary N) is 1. The Morgan fingerprint density at radius 3 is 2.64 bits per heavy atom. The van der Waals surface area contributed by atoms with E-state index >= 15 is 0 Å². The Hall–Kier alpha value is -2.65. The van der Waals surface area contributed by atoms with Crippen LogP contribution in [0, 0.1) is 21.4 Å². The number of nitro groups is 1. The van der Waals surface area contributed by atoms with Crippen molar-refractivity contribution in [1.82, 2.24) is 4.98 Å². The number of fused-ring (bicyclic) bond motifs is 1. The Kier molecular flexibility index (Phi) is 4.86. The summed E-state index contributed by atoms with van der Waals surface area (Å²) in [6.45, 7) is 0. The van der Waals surface area contributed by atoms with Crippen molar-refractivity contribution < 1.29 is 4.92 Å². The van der Waals surface area contributed by atoms with E-state index in [0.29, 0.717) is 11.1 Å². The summed E-state index contributed by atoms with van der Waals surface area (Å²) in [6, 6.07) is 6.72. The van der Waals surface area contributed by atoms with E-state index < -0.39 is 4.92 Å². The minimum atomic E-state index is -0.522. The van der Waals surface area contributed by atoms with E-state index in [9.17, 15) is 15.4 Å². The van der Waals surface area contributed by atoms with Gasteiger partial charge < -0.3 is 5.73 Å². The predicted octanol–water partition coefficient (Wildman–Crippen LogP) is 4.42. The Morgan fingerprint density at radius 2 is 1.96 bits per heavy atom. The van der Waals surface area contributed by atoms with Crippen molar-refractivity contribution >= 4 is 23.1 Å². The van der Waals surface area contributed by atoms with Gasteiger partial charge in [0.15, 0.2) is 0 Å². The molecular formula is C18H17ClN4O2. The van der Waals surface area contributed by atoms with Gasteiger partial charge in [0, 0.05) is 17.3 Å². The summed E-state index contributed by atoms with van der Waals surface area (Å²) in [7, 11) is 0. The van der Waals surface area contributed by atoms with E-state index in [1.54, 1.807) is 6.07 Å². The van der Waals surface area contributed by atoms with Crippen molar-refractivity contribution in [3.8, 4) is 17.2 Å². The lowest BCUT2D eigenvalue weighted by Crippen LogP contribution is -2.10. The van der Waals surface area contributed by atoms with Crippen LogP contribution in [0.25, 0.3) is 11.1 Å². The van der Waals surface area contributed by atoms with Crippen LogP contribution in [-0.4, -0.2) is 9.91 Å². The van der Waals surface area contributed by atoms with Crippen LogP contribution in [0.1, 0.15) is 42.5 Å². The Balaban J connectivity index is 2.29. The maximum atomic E-state index is 11.2. The molecule has 0 spiro atoms. The molecule has 25 heavy (non-hydrogen) atoms. The van der Waals surface area contributed by atoms with E-state index in [1.807, 2.05) is 0 Å². The van der Waals surface area contributed by atoms with Crippen LogP contribution in [0.5, 0.6) is 0 Å². The van der Waals surface area contributed by atoms with E-state index in [0.717, 1.165) is 49.8 Å². The lowest BCUT2D eigenvalue weighted by Gasteiger charge is -2.19. The Morgan fingerprint density at radius 1 is 1.24 bits per heavy atom. The van der Waals surface area contributed by atoms with Crippen molar-refractivity contribution in [2.24, 2.45) is 0 Å². The third-order valence-electron chi connectivity index (χ3n) is 4.55. The van der Waals surface area contributed by atoms with Gasteiger partial charge >= 0.3 is 0 Å². The van der Waals surface area contributed by atoms with Gasteiger partial charge in [-0.1, -0.05) is 30.5 Å².